The van der Waals surface area contributed by atoms with E-state index in [-0.39, 0.29) is 10.9 Å². The van der Waals surface area contributed by atoms with Crippen LogP contribution in [0.2, 0.25) is 0 Å². The van der Waals surface area contributed by atoms with Crippen LogP contribution in [0.3, 0.4) is 0 Å². The lowest BCUT2D eigenvalue weighted by molar-refractivity contribution is -0.129. The van der Waals surface area contributed by atoms with E-state index in [1.165, 1.54) is 9.79 Å². The fourth-order valence-electron chi connectivity index (χ4n) is 4.05. The zero-order valence-corrected chi connectivity index (χ0v) is 21.6. The van der Waals surface area contributed by atoms with E-state index in [0.29, 0.717) is 33.4 Å². The van der Waals surface area contributed by atoms with Crippen LogP contribution in [0.5, 0.6) is 11.5 Å². The van der Waals surface area contributed by atoms with Gasteiger partial charge in [0.25, 0.3) is 0 Å². The zero-order chi connectivity index (χ0) is 26.5. The Balaban J connectivity index is 1.41. The summed E-state index contributed by atoms with van der Waals surface area (Å²) in [5.41, 5.74) is 0.677. The number of ether oxygens (including phenoxy) is 2. The Hall–Kier alpha value is -4.61. The summed E-state index contributed by atoms with van der Waals surface area (Å²) in [6, 6.07) is 38.9. The standard InChI is InChI=1S/C33H25O4S/c1-23(2)32(34)37-31-22-21-30(28-15-9-10-16-29(28)31)33(35)36-24-17-19-27(20-18-24)38(25-11-5-3-6-12-25)26-13-7-4-8-14-26/h3-22H,1H2,2H3/q+1. The summed E-state index contributed by atoms with van der Waals surface area (Å²) in [4.78, 5) is 28.8. The first kappa shape index (κ1) is 25.1. The zero-order valence-electron chi connectivity index (χ0n) is 20.8. The molecule has 0 fully saturated rings. The lowest BCUT2D eigenvalue weighted by atomic mass is 10.0. The summed E-state index contributed by atoms with van der Waals surface area (Å²) in [6.07, 6.45) is 0. The molecule has 0 aliphatic rings. The average Bonchev–Trinajstić information content (AvgIpc) is 2.95. The van der Waals surface area contributed by atoms with Gasteiger partial charge in [-0.1, -0.05) is 67.2 Å². The highest BCUT2D eigenvalue weighted by molar-refractivity contribution is 7.97. The quantitative estimate of drug-likeness (QED) is 0.0964. The molecule has 5 heteroatoms. The molecule has 0 saturated carbocycles. The van der Waals surface area contributed by atoms with Crippen LogP contribution in [0.25, 0.3) is 10.8 Å². The number of carbonyl (C=O) groups excluding carboxylic acids is 2. The van der Waals surface area contributed by atoms with E-state index >= 15 is 0 Å². The first-order valence-corrected chi connectivity index (χ1v) is 13.3. The minimum atomic E-state index is -0.518. The maximum absolute atomic E-state index is 13.2. The minimum absolute atomic E-state index is 0.289. The van der Waals surface area contributed by atoms with Crippen LogP contribution in [-0.4, -0.2) is 11.9 Å². The van der Waals surface area contributed by atoms with Crippen LogP contribution in [-0.2, 0) is 15.7 Å². The van der Waals surface area contributed by atoms with E-state index in [2.05, 4.69) is 30.8 Å². The number of esters is 2. The second-order valence-electron chi connectivity index (χ2n) is 8.62. The first-order chi connectivity index (χ1) is 18.5. The van der Waals surface area contributed by atoms with Gasteiger partial charge in [0.05, 0.1) is 16.5 Å². The molecular weight excluding hydrogens is 492 g/mol. The van der Waals surface area contributed by atoms with Crippen molar-refractivity contribution in [1.29, 1.82) is 0 Å². The van der Waals surface area contributed by atoms with Crippen LogP contribution in [0.1, 0.15) is 17.3 Å². The fourth-order valence-corrected chi connectivity index (χ4v) is 6.14. The van der Waals surface area contributed by atoms with Crippen molar-refractivity contribution in [3.05, 3.63) is 139 Å². The van der Waals surface area contributed by atoms with Crippen molar-refractivity contribution in [3.8, 4) is 11.5 Å². The van der Waals surface area contributed by atoms with Crippen LogP contribution >= 0.6 is 0 Å². The molecule has 0 aromatic heterocycles. The van der Waals surface area contributed by atoms with E-state index in [1.807, 2.05) is 72.8 Å². The highest BCUT2D eigenvalue weighted by Crippen LogP contribution is 2.33. The van der Waals surface area contributed by atoms with Gasteiger partial charge in [0.15, 0.2) is 14.7 Å². The summed E-state index contributed by atoms with van der Waals surface area (Å²) in [5, 5.41) is 1.28. The van der Waals surface area contributed by atoms with Gasteiger partial charge in [0.2, 0.25) is 0 Å². The molecule has 186 valence electrons. The summed E-state index contributed by atoms with van der Waals surface area (Å²) in [5.74, 6) is -0.193. The monoisotopic (exact) mass is 517 g/mol. The molecule has 0 aliphatic carbocycles. The summed E-state index contributed by atoms with van der Waals surface area (Å²) >= 11 is 0. The van der Waals surface area contributed by atoms with Gasteiger partial charge < -0.3 is 9.47 Å². The van der Waals surface area contributed by atoms with E-state index in [9.17, 15) is 9.59 Å². The highest BCUT2D eigenvalue weighted by Gasteiger charge is 2.28. The second kappa shape index (κ2) is 11.2. The fraction of sp³-hybridized carbons (Fsp3) is 0.0303. The average molecular weight is 518 g/mol. The van der Waals surface area contributed by atoms with Gasteiger partial charge in [0.1, 0.15) is 11.5 Å². The predicted molar refractivity (Wildman–Crippen MR) is 151 cm³/mol. The normalized spacial score (nSPS) is 10.8. The molecule has 0 aliphatic heterocycles. The Morgan fingerprint density at radius 1 is 0.605 bits per heavy atom. The second-order valence-corrected chi connectivity index (χ2v) is 10.6. The molecule has 0 N–H and O–H groups in total. The minimum Gasteiger partial charge on any atom is -0.423 e. The molecule has 0 unspecified atom stereocenters. The van der Waals surface area contributed by atoms with Crippen molar-refractivity contribution in [3.63, 3.8) is 0 Å². The number of carbonyl (C=O) groups is 2. The molecule has 5 aromatic carbocycles. The van der Waals surface area contributed by atoms with Gasteiger partial charge in [0, 0.05) is 11.0 Å². The lowest BCUT2D eigenvalue weighted by Gasteiger charge is -2.12. The third kappa shape index (κ3) is 5.38. The molecule has 0 radical (unpaired) electrons. The molecule has 0 amide bonds. The SMILES string of the molecule is C=C(C)C(=O)Oc1ccc(C(=O)Oc2ccc([S+](c3ccccc3)c3ccccc3)cc2)c2ccccc12. The molecule has 38 heavy (non-hydrogen) atoms. The smallest absolute Gasteiger partial charge is 0.344 e. The third-order valence-electron chi connectivity index (χ3n) is 5.88. The largest absolute Gasteiger partial charge is 0.423 e. The maximum Gasteiger partial charge on any atom is 0.344 e. The van der Waals surface area contributed by atoms with Gasteiger partial charge in [-0.2, -0.15) is 0 Å². The summed E-state index contributed by atoms with van der Waals surface area (Å²) in [6.45, 7) is 5.21. The van der Waals surface area contributed by atoms with Crippen molar-refractivity contribution < 1.29 is 19.1 Å². The molecule has 4 nitrogen and oxygen atoms in total. The van der Waals surface area contributed by atoms with Crippen LogP contribution in [0, 0.1) is 0 Å². The number of rotatable bonds is 7. The molecular formula is C33H25O4S+. The number of hydrogen-bond donors (Lipinski definition) is 0. The molecule has 0 atom stereocenters. The lowest BCUT2D eigenvalue weighted by Crippen LogP contribution is -2.11. The van der Waals surface area contributed by atoms with E-state index < -0.39 is 11.9 Å². The molecule has 5 rings (SSSR count). The summed E-state index contributed by atoms with van der Waals surface area (Å²) < 4.78 is 11.2. The van der Waals surface area contributed by atoms with E-state index in [1.54, 1.807) is 31.2 Å². The topological polar surface area (TPSA) is 52.6 Å². The van der Waals surface area contributed by atoms with Crippen LogP contribution in [0.4, 0.5) is 0 Å². The maximum atomic E-state index is 13.2. The first-order valence-electron chi connectivity index (χ1n) is 12.1. The van der Waals surface area contributed by atoms with Crippen molar-refractivity contribution in [2.24, 2.45) is 0 Å². The Kier molecular flexibility index (Phi) is 7.38. The van der Waals surface area contributed by atoms with E-state index in [0.717, 1.165) is 4.90 Å². The predicted octanol–water partition coefficient (Wildman–Crippen LogP) is 7.64. The highest BCUT2D eigenvalue weighted by atomic mass is 32.2. The number of benzene rings is 5. The van der Waals surface area contributed by atoms with Crippen LogP contribution < -0.4 is 9.47 Å². The van der Waals surface area contributed by atoms with Gasteiger partial charge in [-0.05, 0) is 73.0 Å². The van der Waals surface area contributed by atoms with Gasteiger partial charge in [-0.25, -0.2) is 9.59 Å². The van der Waals surface area contributed by atoms with Crippen molar-refractivity contribution in [2.45, 2.75) is 21.6 Å². The Morgan fingerprint density at radius 3 is 1.71 bits per heavy atom. The third-order valence-corrected chi connectivity index (χ3v) is 8.11. The van der Waals surface area contributed by atoms with Crippen molar-refractivity contribution >= 4 is 33.6 Å². The van der Waals surface area contributed by atoms with Crippen molar-refractivity contribution in [1.82, 2.24) is 0 Å². The number of fused-ring (bicyclic) bond motifs is 1. The molecule has 0 heterocycles. The van der Waals surface area contributed by atoms with E-state index in [4.69, 9.17) is 9.47 Å². The Bertz CT molecular complexity index is 1570. The van der Waals surface area contributed by atoms with Crippen molar-refractivity contribution in [2.75, 3.05) is 0 Å². The summed E-state index contributed by atoms with van der Waals surface area (Å²) in [7, 11) is -0.289. The molecule has 5 aromatic rings. The Morgan fingerprint density at radius 2 is 1.13 bits per heavy atom. The van der Waals surface area contributed by atoms with Crippen LogP contribution in [0.15, 0.2) is 148 Å². The molecule has 0 saturated heterocycles. The molecule has 0 bridgehead atoms. The molecule has 0 spiro atoms. The van der Waals surface area contributed by atoms with Gasteiger partial charge in [-0.15, -0.1) is 0 Å². The number of hydrogen-bond acceptors (Lipinski definition) is 4. The van der Waals surface area contributed by atoms with Gasteiger partial charge >= 0.3 is 11.9 Å². The van der Waals surface area contributed by atoms with Gasteiger partial charge in [-0.3, -0.25) is 0 Å². The Labute approximate surface area is 224 Å².